The summed E-state index contributed by atoms with van der Waals surface area (Å²) in [5, 5.41) is 2.93. The van der Waals surface area contributed by atoms with Gasteiger partial charge in [0.2, 0.25) is 11.8 Å². The number of carbonyl (C=O) groups is 2. The second kappa shape index (κ2) is 7.24. The summed E-state index contributed by atoms with van der Waals surface area (Å²) >= 11 is 0. The van der Waals surface area contributed by atoms with Gasteiger partial charge in [0.05, 0.1) is 0 Å². The van der Waals surface area contributed by atoms with Gasteiger partial charge in [-0.1, -0.05) is 18.2 Å². The summed E-state index contributed by atoms with van der Waals surface area (Å²) in [6.45, 7) is 4.20. The maximum absolute atomic E-state index is 12.7. The molecule has 1 aromatic carbocycles. The number of hydrogen-bond acceptors (Lipinski definition) is 3. The lowest BCUT2D eigenvalue weighted by molar-refractivity contribution is -0.134. The lowest BCUT2D eigenvalue weighted by atomic mass is 10.1. The molecule has 1 saturated carbocycles. The third kappa shape index (κ3) is 3.89. The Morgan fingerprint density at radius 2 is 2.00 bits per heavy atom. The molecule has 1 fully saturated rings. The van der Waals surface area contributed by atoms with E-state index in [0.29, 0.717) is 25.9 Å². The Morgan fingerprint density at radius 3 is 2.75 bits per heavy atom. The molecule has 1 N–H and O–H groups in total. The average Bonchev–Trinajstić information content (AvgIpc) is 3.41. The standard InChI is InChI=1S/C19H27N3O2/c1-14-12-21(2)17-7-4-3-6-16(17)13-22(14)18(23)8-5-11-20-19(24)15-9-10-15/h3-4,6-7,14-15H,5,8-13H2,1-2H3,(H,20,24). The maximum Gasteiger partial charge on any atom is 0.223 e. The number of rotatable bonds is 5. The molecule has 0 aromatic heterocycles. The van der Waals surface area contributed by atoms with Crippen LogP contribution in [0.3, 0.4) is 0 Å². The third-order valence-corrected chi connectivity index (χ3v) is 4.95. The molecule has 0 bridgehead atoms. The molecule has 0 radical (unpaired) electrons. The van der Waals surface area contributed by atoms with Crippen molar-refractivity contribution in [1.82, 2.24) is 10.2 Å². The Labute approximate surface area is 144 Å². The summed E-state index contributed by atoms with van der Waals surface area (Å²) in [7, 11) is 2.08. The molecular formula is C19H27N3O2. The summed E-state index contributed by atoms with van der Waals surface area (Å²) in [6, 6.07) is 8.46. The van der Waals surface area contributed by atoms with Gasteiger partial charge < -0.3 is 15.1 Å². The Morgan fingerprint density at radius 1 is 1.25 bits per heavy atom. The monoisotopic (exact) mass is 329 g/mol. The van der Waals surface area contributed by atoms with Crippen molar-refractivity contribution in [3.8, 4) is 0 Å². The van der Waals surface area contributed by atoms with Crippen LogP contribution in [0.4, 0.5) is 5.69 Å². The van der Waals surface area contributed by atoms with Gasteiger partial charge in [0.15, 0.2) is 0 Å². The summed E-state index contributed by atoms with van der Waals surface area (Å²) in [4.78, 5) is 28.5. The van der Waals surface area contributed by atoms with Crippen molar-refractivity contribution in [3.05, 3.63) is 29.8 Å². The zero-order chi connectivity index (χ0) is 17.1. The van der Waals surface area contributed by atoms with Crippen LogP contribution in [0, 0.1) is 5.92 Å². The zero-order valence-electron chi connectivity index (χ0n) is 14.6. The van der Waals surface area contributed by atoms with E-state index in [1.807, 2.05) is 17.0 Å². The first kappa shape index (κ1) is 16.8. The largest absolute Gasteiger partial charge is 0.372 e. The molecule has 24 heavy (non-hydrogen) atoms. The molecule has 2 amide bonds. The number of benzene rings is 1. The van der Waals surface area contributed by atoms with E-state index >= 15 is 0 Å². The van der Waals surface area contributed by atoms with Gasteiger partial charge >= 0.3 is 0 Å². The van der Waals surface area contributed by atoms with E-state index in [1.54, 1.807) is 0 Å². The summed E-state index contributed by atoms with van der Waals surface area (Å²) in [5.74, 6) is 0.563. The van der Waals surface area contributed by atoms with E-state index in [2.05, 4.69) is 36.3 Å². The fraction of sp³-hybridized carbons (Fsp3) is 0.579. The minimum absolute atomic E-state index is 0.154. The fourth-order valence-electron chi connectivity index (χ4n) is 3.37. The van der Waals surface area contributed by atoms with Crippen LogP contribution >= 0.6 is 0 Å². The number of hydrogen-bond donors (Lipinski definition) is 1. The lowest BCUT2D eigenvalue weighted by Crippen LogP contribution is -2.42. The van der Waals surface area contributed by atoms with Crippen molar-refractivity contribution >= 4 is 17.5 Å². The van der Waals surface area contributed by atoms with E-state index < -0.39 is 0 Å². The highest BCUT2D eigenvalue weighted by atomic mass is 16.2. The number of nitrogens with one attached hydrogen (secondary N) is 1. The van der Waals surface area contributed by atoms with Crippen molar-refractivity contribution in [1.29, 1.82) is 0 Å². The quantitative estimate of drug-likeness (QED) is 0.842. The van der Waals surface area contributed by atoms with Crippen molar-refractivity contribution in [2.24, 2.45) is 5.92 Å². The Bertz CT molecular complexity index is 612. The zero-order valence-corrected chi connectivity index (χ0v) is 14.6. The average molecular weight is 329 g/mol. The number of nitrogens with zero attached hydrogens (tertiary/aromatic N) is 2. The minimum atomic E-state index is 0.154. The number of carbonyl (C=O) groups excluding carboxylic acids is 2. The van der Waals surface area contributed by atoms with Crippen LogP contribution in [-0.4, -0.2) is 42.9 Å². The molecule has 5 heteroatoms. The van der Waals surface area contributed by atoms with E-state index in [-0.39, 0.29) is 23.8 Å². The molecule has 3 rings (SSSR count). The number of likely N-dealkylation sites (N-methyl/N-ethyl adjacent to an activating group) is 1. The molecule has 1 atom stereocenters. The molecule has 1 aliphatic heterocycles. The highest BCUT2D eigenvalue weighted by Gasteiger charge is 2.29. The van der Waals surface area contributed by atoms with Crippen LogP contribution < -0.4 is 10.2 Å². The topological polar surface area (TPSA) is 52.6 Å². The molecule has 5 nitrogen and oxygen atoms in total. The Kier molecular flexibility index (Phi) is 5.07. The summed E-state index contributed by atoms with van der Waals surface area (Å²) in [5.41, 5.74) is 2.40. The third-order valence-electron chi connectivity index (χ3n) is 4.95. The van der Waals surface area contributed by atoms with Gasteiger partial charge in [0.25, 0.3) is 0 Å². The number of anilines is 1. The number of fused-ring (bicyclic) bond motifs is 1. The van der Waals surface area contributed by atoms with Crippen LogP contribution in [0.1, 0.15) is 38.2 Å². The molecule has 1 unspecified atom stereocenters. The summed E-state index contributed by atoms with van der Waals surface area (Å²) in [6.07, 6.45) is 3.23. The first-order valence-corrected chi connectivity index (χ1v) is 8.92. The van der Waals surface area contributed by atoms with Gasteiger partial charge in [-0.2, -0.15) is 0 Å². The molecule has 130 valence electrons. The van der Waals surface area contributed by atoms with Crippen LogP contribution in [0.5, 0.6) is 0 Å². The fourth-order valence-corrected chi connectivity index (χ4v) is 3.37. The molecule has 0 spiro atoms. The van der Waals surface area contributed by atoms with Gasteiger partial charge in [-0.25, -0.2) is 0 Å². The number of para-hydroxylation sites is 1. The SMILES string of the molecule is CC1CN(C)c2ccccc2CN1C(=O)CCCNC(=O)C1CC1. The predicted octanol–water partition coefficient (Wildman–Crippen LogP) is 2.16. The van der Waals surface area contributed by atoms with Crippen LogP contribution in [0.2, 0.25) is 0 Å². The molecule has 1 heterocycles. The van der Waals surface area contributed by atoms with E-state index in [4.69, 9.17) is 0 Å². The Balaban J connectivity index is 1.54. The first-order chi connectivity index (χ1) is 11.6. The van der Waals surface area contributed by atoms with Gasteiger partial charge in [0, 0.05) is 50.7 Å². The molecule has 0 saturated heterocycles. The van der Waals surface area contributed by atoms with E-state index in [9.17, 15) is 9.59 Å². The second-order valence-corrected chi connectivity index (χ2v) is 7.05. The van der Waals surface area contributed by atoms with Crippen molar-refractivity contribution < 1.29 is 9.59 Å². The van der Waals surface area contributed by atoms with Gasteiger partial charge in [0.1, 0.15) is 0 Å². The maximum atomic E-state index is 12.7. The highest BCUT2D eigenvalue weighted by molar-refractivity contribution is 5.81. The van der Waals surface area contributed by atoms with E-state index in [0.717, 1.165) is 19.4 Å². The molecule has 1 aromatic rings. The van der Waals surface area contributed by atoms with Crippen LogP contribution in [0.15, 0.2) is 24.3 Å². The molecule has 2 aliphatic rings. The first-order valence-electron chi connectivity index (χ1n) is 8.92. The van der Waals surface area contributed by atoms with Crippen LogP contribution in [-0.2, 0) is 16.1 Å². The lowest BCUT2D eigenvalue weighted by Gasteiger charge is -2.28. The normalized spacial score (nSPS) is 20.3. The van der Waals surface area contributed by atoms with Gasteiger partial charge in [-0.15, -0.1) is 0 Å². The highest BCUT2D eigenvalue weighted by Crippen LogP contribution is 2.29. The molecule has 1 aliphatic carbocycles. The summed E-state index contributed by atoms with van der Waals surface area (Å²) < 4.78 is 0. The molecular weight excluding hydrogens is 302 g/mol. The smallest absolute Gasteiger partial charge is 0.223 e. The number of amides is 2. The van der Waals surface area contributed by atoms with E-state index in [1.165, 1.54) is 11.3 Å². The van der Waals surface area contributed by atoms with Crippen LogP contribution in [0.25, 0.3) is 0 Å². The van der Waals surface area contributed by atoms with Crippen molar-refractivity contribution in [2.45, 2.75) is 45.2 Å². The minimum Gasteiger partial charge on any atom is -0.372 e. The van der Waals surface area contributed by atoms with Gasteiger partial charge in [-0.3, -0.25) is 9.59 Å². The second-order valence-electron chi connectivity index (χ2n) is 7.05. The Hall–Kier alpha value is -2.04. The van der Waals surface area contributed by atoms with Crippen molar-refractivity contribution in [3.63, 3.8) is 0 Å². The van der Waals surface area contributed by atoms with Gasteiger partial charge in [-0.05, 0) is 37.8 Å². The van der Waals surface area contributed by atoms with Crippen molar-refractivity contribution in [2.75, 3.05) is 25.0 Å². The predicted molar refractivity (Wildman–Crippen MR) is 94.7 cm³/mol.